The zero-order valence-corrected chi connectivity index (χ0v) is 12.4. The Morgan fingerprint density at radius 2 is 2.29 bits per heavy atom. The molecule has 1 aliphatic heterocycles. The van der Waals surface area contributed by atoms with Crippen molar-refractivity contribution < 1.29 is 18.3 Å². The minimum atomic E-state index is -3.04. The first-order valence-electron chi connectivity index (χ1n) is 6.45. The monoisotopic (exact) mass is 308 g/mol. The molecule has 1 amide bonds. The largest absolute Gasteiger partial charge is 0.384 e. The second-order valence-corrected chi connectivity index (χ2v) is 7.12. The molecule has 1 aromatic heterocycles. The average molecular weight is 308 g/mol. The smallest absolute Gasteiger partial charge is 0.255 e. The van der Waals surface area contributed by atoms with Crippen LogP contribution in [0, 0.1) is 11.8 Å². The number of amides is 1. The van der Waals surface area contributed by atoms with Gasteiger partial charge in [-0.2, -0.15) is 0 Å². The summed E-state index contributed by atoms with van der Waals surface area (Å²) in [5.74, 6) is 5.02. The molecule has 1 aromatic rings. The Morgan fingerprint density at radius 3 is 2.90 bits per heavy atom. The third-order valence-electron chi connectivity index (χ3n) is 3.37. The van der Waals surface area contributed by atoms with Crippen molar-refractivity contribution in [1.82, 2.24) is 9.88 Å². The average Bonchev–Trinajstić information content (AvgIpc) is 2.84. The standard InChI is InChI=1S/C14H16N2O4S/c1-16(13-4-6-21(19,20)10-13)14(18)12-7-11(3-2-5-17)8-15-9-12/h7-9,13,17H,4-6,10H2,1H3. The maximum Gasteiger partial charge on any atom is 0.255 e. The fourth-order valence-corrected chi connectivity index (χ4v) is 3.99. The number of sulfone groups is 1. The van der Waals surface area contributed by atoms with Crippen molar-refractivity contribution >= 4 is 15.7 Å². The summed E-state index contributed by atoms with van der Waals surface area (Å²) in [5, 5.41) is 8.66. The number of nitrogens with zero attached hydrogens (tertiary/aromatic N) is 2. The number of hydrogen-bond donors (Lipinski definition) is 1. The highest BCUT2D eigenvalue weighted by Gasteiger charge is 2.33. The van der Waals surface area contributed by atoms with Crippen molar-refractivity contribution in [2.75, 3.05) is 25.2 Å². The van der Waals surface area contributed by atoms with E-state index in [1.165, 1.54) is 17.3 Å². The van der Waals surface area contributed by atoms with Crippen LogP contribution in [0.15, 0.2) is 18.5 Å². The van der Waals surface area contributed by atoms with E-state index < -0.39 is 9.84 Å². The topological polar surface area (TPSA) is 87.6 Å². The molecule has 0 aromatic carbocycles. The van der Waals surface area contributed by atoms with Gasteiger partial charge in [0.15, 0.2) is 9.84 Å². The van der Waals surface area contributed by atoms with Gasteiger partial charge in [-0.1, -0.05) is 11.8 Å². The van der Waals surface area contributed by atoms with Crippen LogP contribution in [0.1, 0.15) is 22.3 Å². The molecule has 0 spiro atoms. The molecular weight excluding hydrogens is 292 g/mol. The van der Waals surface area contributed by atoms with Crippen LogP contribution in [0.5, 0.6) is 0 Å². The molecule has 1 aliphatic rings. The highest BCUT2D eigenvalue weighted by atomic mass is 32.2. The van der Waals surface area contributed by atoms with Crippen molar-refractivity contribution in [3.8, 4) is 11.8 Å². The maximum atomic E-state index is 12.4. The number of hydrogen-bond acceptors (Lipinski definition) is 5. The lowest BCUT2D eigenvalue weighted by molar-refractivity contribution is 0.0747. The van der Waals surface area contributed by atoms with Crippen LogP contribution in [-0.4, -0.2) is 60.5 Å². The van der Waals surface area contributed by atoms with Gasteiger partial charge in [0.2, 0.25) is 0 Å². The van der Waals surface area contributed by atoms with Gasteiger partial charge >= 0.3 is 0 Å². The molecule has 0 saturated carbocycles. The number of pyridine rings is 1. The summed E-state index contributed by atoms with van der Waals surface area (Å²) in [7, 11) is -1.44. The summed E-state index contributed by atoms with van der Waals surface area (Å²) in [6, 6.07) is 1.28. The number of rotatable bonds is 2. The number of aliphatic hydroxyl groups excluding tert-OH is 1. The summed E-state index contributed by atoms with van der Waals surface area (Å²) >= 11 is 0. The molecule has 6 nitrogen and oxygen atoms in total. The highest BCUT2D eigenvalue weighted by molar-refractivity contribution is 7.91. The van der Waals surface area contributed by atoms with Crippen molar-refractivity contribution in [2.45, 2.75) is 12.5 Å². The van der Waals surface area contributed by atoms with Gasteiger partial charge < -0.3 is 10.0 Å². The molecule has 0 bridgehead atoms. The first-order chi connectivity index (χ1) is 9.93. The van der Waals surface area contributed by atoms with Crippen molar-refractivity contribution in [2.24, 2.45) is 0 Å². The molecule has 21 heavy (non-hydrogen) atoms. The van der Waals surface area contributed by atoms with E-state index in [0.717, 1.165) is 0 Å². The van der Waals surface area contributed by atoms with E-state index in [1.54, 1.807) is 13.1 Å². The van der Waals surface area contributed by atoms with Crippen LogP contribution in [0.4, 0.5) is 0 Å². The lowest BCUT2D eigenvalue weighted by Crippen LogP contribution is -2.37. The molecule has 2 heterocycles. The molecule has 1 saturated heterocycles. The predicted molar refractivity (Wildman–Crippen MR) is 77.4 cm³/mol. The Hall–Kier alpha value is -1.91. The van der Waals surface area contributed by atoms with Crippen LogP contribution in [0.25, 0.3) is 0 Å². The molecule has 1 unspecified atom stereocenters. The number of carbonyl (C=O) groups is 1. The summed E-state index contributed by atoms with van der Waals surface area (Å²) in [4.78, 5) is 17.8. The SMILES string of the molecule is CN(C(=O)c1cncc(C#CCO)c1)C1CCS(=O)(=O)C1. The second-order valence-electron chi connectivity index (χ2n) is 4.90. The van der Waals surface area contributed by atoms with E-state index in [9.17, 15) is 13.2 Å². The fraction of sp³-hybridized carbons (Fsp3) is 0.429. The van der Waals surface area contributed by atoms with Gasteiger partial charge in [-0.25, -0.2) is 8.42 Å². The van der Waals surface area contributed by atoms with E-state index in [1.807, 2.05) is 0 Å². The lowest BCUT2D eigenvalue weighted by atomic mass is 10.1. The third kappa shape index (κ3) is 3.80. The Kier molecular flexibility index (Phi) is 4.60. The van der Waals surface area contributed by atoms with E-state index in [4.69, 9.17) is 5.11 Å². The maximum absolute atomic E-state index is 12.4. The zero-order valence-electron chi connectivity index (χ0n) is 11.6. The molecule has 1 fully saturated rings. The minimum Gasteiger partial charge on any atom is -0.384 e. The number of aromatic nitrogens is 1. The molecule has 7 heteroatoms. The fourth-order valence-electron chi connectivity index (χ4n) is 2.22. The van der Waals surface area contributed by atoms with Crippen LogP contribution in [0.3, 0.4) is 0 Å². The number of carbonyl (C=O) groups excluding carboxylic acids is 1. The lowest BCUT2D eigenvalue weighted by Gasteiger charge is -2.23. The van der Waals surface area contributed by atoms with Crippen molar-refractivity contribution in [3.05, 3.63) is 29.6 Å². The molecule has 2 rings (SSSR count). The molecule has 0 radical (unpaired) electrons. The van der Waals surface area contributed by atoms with E-state index in [0.29, 0.717) is 17.5 Å². The Labute approximate surface area is 123 Å². The van der Waals surface area contributed by atoms with E-state index >= 15 is 0 Å². The van der Waals surface area contributed by atoms with Gasteiger partial charge in [0, 0.05) is 31.0 Å². The van der Waals surface area contributed by atoms with Crippen LogP contribution >= 0.6 is 0 Å². The Balaban J connectivity index is 2.16. The Bertz CT molecular complexity index is 703. The summed E-state index contributed by atoms with van der Waals surface area (Å²) < 4.78 is 23.0. The normalized spacial score (nSPS) is 19.6. The number of aliphatic hydroxyl groups is 1. The van der Waals surface area contributed by atoms with E-state index in [-0.39, 0.29) is 30.1 Å². The van der Waals surface area contributed by atoms with Gasteiger partial charge in [0.25, 0.3) is 5.91 Å². The Morgan fingerprint density at radius 1 is 1.52 bits per heavy atom. The van der Waals surface area contributed by atoms with Gasteiger partial charge in [0.1, 0.15) is 6.61 Å². The van der Waals surface area contributed by atoms with Gasteiger partial charge in [0.05, 0.1) is 17.1 Å². The van der Waals surface area contributed by atoms with Crippen molar-refractivity contribution in [1.29, 1.82) is 0 Å². The zero-order chi connectivity index (χ0) is 15.5. The molecule has 0 aliphatic carbocycles. The first-order valence-corrected chi connectivity index (χ1v) is 8.27. The van der Waals surface area contributed by atoms with Crippen LogP contribution in [-0.2, 0) is 9.84 Å². The molecule has 1 N–H and O–H groups in total. The summed E-state index contributed by atoms with van der Waals surface area (Å²) in [6.45, 7) is -0.266. The highest BCUT2D eigenvalue weighted by Crippen LogP contribution is 2.18. The summed E-state index contributed by atoms with van der Waals surface area (Å²) in [5.41, 5.74) is 0.883. The molecule has 1 atom stereocenters. The van der Waals surface area contributed by atoms with Gasteiger partial charge in [-0.3, -0.25) is 9.78 Å². The molecule has 112 valence electrons. The first kappa shape index (κ1) is 15.5. The van der Waals surface area contributed by atoms with Crippen molar-refractivity contribution in [3.63, 3.8) is 0 Å². The van der Waals surface area contributed by atoms with E-state index in [2.05, 4.69) is 16.8 Å². The van der Waals surface area contributed by atoms with Gasteiger partial charge in [-0.15, -0.1) is 0 Å². The predicted octanol–water partition coefficient (Wildman–Crippen LogP) is -0.315. The second kappa shape index (κ2) is 6.24. The minimum absolute atomic E-state index is 0.00662. The summed E-state index contributed by atoms with van der Waals surface area (Å²) in [6.07, 6.45) is 3.38. The molecular formula is C14H16N2O4S. The quantitative estimate of drug-likeness (QED) is 0.757. The third-order valence-corrected chi connectivity index (χ3v) is 5.12. The van der Waals surface area contributed by atoms with Crippen LogP contribution in [0.2, 0.25) is 0 Å². The van der Waals surface area contributed by atoms with Crippen LogP contribution < -0.4 is 0 Å². The van der Waals surface area contributed by atoms with Gasteiger partial charge in [-0.05, 0) is 12.5 Å².